The van der Waals surface area contributed by atoms with Crippen LogP contribution in [0, 0.1) is 5.82 Å². The van der Waals surface area contributed by atoms with E-state index < -0.39 is 16.0 Å². The van der Waals surface area contributed by atoms with Crippen LogP contribution in [0.3, 0.4) is 0 Å². The number of carbonyl (C=O) groups is 1. The van der Waals surface area contributed by atoms with Crippen molar-refractivity contribution in [3.05, 3.63) is 29.8 Å². The lowest BCUT2D eigenvalue weighted by atomic mass is 10.1. The number of amides is 1. The number of primary amides is 1. The number of hydrogen-bond acceptors (Lipinski definition) is 2. The minimum absolute atomic E-state index is 0.390. The minimum atomic E-state index is -1.04. The van der Waals surface area contributed by atoms with Crippen molar-refractivity contribution in [1.82, 2.24) is 4.98 Å². The first-order valence-electron chi connectivity index (χ1n) is 3.55. The molecular formula is C8H8BrFN2O. The van der Waals surface area contributed by atoms with E-state index in [4.69, 9.17) is 5.73 Å². The van der Waals surface area contributed by atoms with Crippen molar-refractivity contribution in [3.8, 4) is 0 Å². The largest absolute Gasteiger partial charge is 0.368 e. The number of aromatic nitrogens is 1. The van der Waals surface area contributed by atoms with Gasteiger partial charge in [0.05, 0.1) is 11.9 Å². The third-order valence-electron chi connectivity index (χ3n) is 1.67. The first-order valence-corrected chi connectivity index (χ1v) is 4.34. The molecule has 1 heterocycles. The third kappa shape index (κ3) is 2.03. The molecule has 1 amide bonds. The predicted molar refractivity (Wildman–Crippen MR) is 49.7 cm³/mol. The number of hydrogen-bond donors (Lipinski definition) is 1. The molecule has 2 N–H and O–H groups in total. The smallest absolute Gasteiger partial charge is 0.240 e. The molecule has 0 aliphatic carbocycles. The molecule has 0 unspecified atom stereocenters. The molecule has 1 aromatic rings. The monoisotopic (exact) mass is 246 g/mol. The van der Waals surface area contributed by atoms with Gasteiger partial charge in [0.25, 0.3) is 0 Å². The molecular weight excluding hydrogens is 239 g/mol. The highest BCUT2D eigenvalue weighted by Gasteiger charge is 2.31. The average Bonchev–Trinajstić information content (AvgIpc) is 2.04. The zero-order valence-electron chi connectivity index (χ0n) is 6.92. The quantitative estimate of drug-likeness (QED) is 0.801. The number of nitrogens with zero attached hydrogens (tertiary/aromatic N) is 1. The fraction of sp³-hybridized carbons (Fsp3) is 0.250. The molecule has 0 aromatic carbocycles. The van der Waals surface area contributed by atoms with Gasteiger partial charge in [-0.2, -0.15) is 0 Å². The summed E-state index contributed by atoms with van der Waals surface area (Å²) in [5, 5.41) is 0. The summed E-state index contributed by atoms with van der Waals surface area (Å²) in [5.41, 5.74) is 5.51. The summed E-state index contributed by atoms with van der Waals surface area (Å²) < 4.78 is 11.4. The standard InChI is InChI=1S/C8H8BrFN2O/c1-8(9,7(11)13)6-3-2-5(10)4-12-6/h2-4H,1H3,(H2,11,13)/t8-/m1/s1. The van der Waals surface area contributed by atoms with Crippen LogP contribution in [0.15, 0.2) is 18.3 Å². The Bertz CT molecular complexity index is 323. The Balaban J connectivity index is 3.08. The molecule has 0 saturated heterocycles. The molecule has 1 aromatic heterocycles. The second-order valence-electron chi connectivity index (χ2n) is 2.73. The highest BCUT2D eigenvalue weighted by atomic mass is 79.9. The van der Waals surface area contributed by atoms with Crippen LogP contribution in [-0.2, 0) is 9.12 Å². The normalized spacial score (nSPS) is 15.0. The summed E-state index contributed by atoms with van der Waals surface area (Å²) in [6.45, 7) is 1.57. The van der Waals surface area contributed by atoms with Gasteiger partial charge in [0.15, 0.2) is 0 Å². The highest BCUT2D eigenvalue weighted by molar-refractivity contribution is 9.10. The topological polar surface area (TPSA) is 56.0 Å². The van der Waals surface area contributed by atoms with Gasteiger partial charge in [-0.1, -0.05) is 15.9 Å². The van der Waals surface area contributed by atoms with Gasteiger partial charge in [-0.15, -0.1) is 0 Å². The Kier molecular flexibility index (Phi) is 2.66. The van der Waals surface area contributed by atoms with Crippen molar-refractivity contribution in [2.24, 2.45) is 5.73 Å². The summed E-state index contributed by atoms with van der Waals surface area (Å²) in [7, 11) is 0. The van der Waals surface area contributed by atoms with Gasteiger partial charge >= 0.3 is 0 Å². The van der Waals surface area contributed by atoms with Crippen LogP contribution < -0.4 is 5.73 Å². The van der Waals surface area contributed by atoms with E-state index in [9.17, 15) is 9.18 Å². The van der Waals surface area contributed by atoms with Crippen LogP contribution in [0.2, 0.25) is 0 Å². The first kappa shape index (κ1) is 10.1. The maximum Gasteiger partial charge on any atom is 0.240 e. The molecule has 1 rings (SSSR count). The molecule has 0 spiro atoms. The lowest BCUT2D eigenvalue weighted by molar-refractivity contribution is -0.120. The summed E-state index contributed by atoms with van der Waals surface area (Å²) in [6, 6.07) is 2.64. The maximum atomic E-state index is 12.5. The van der Waals surface area contributed by atoms with Gasteiger partial charge in [-0.25, -0.2) is 4.39 Å². The molecule has 0 saturated carbocycles. The zero-order valence-corrected chi connectivity index (χ0v) is 8.51. The average molecular weight is 247 g/mol. The lowest BCUT2D eigenvalue weighted by Gasteiger charge is -2.16. The van der Waals surface area contributed by atoms with Crippen LogP contribution in [-0.4, -0.2) is 10.9 Å². The van der Waals surface area contributed by atoms with E-state index in [2.05, 4.69) is 20.9 Å². The van der Waals surface area contributed by atoms with E-state index >= 15 is 0 Å². The molecule has 0 fully saturated rings. The zero-order chi connectivity index (χ0) is 10.1. The van der Waals surface area contributed by atoms with Crippen LogP contribution >= 0.6 is 15.9 Å². The number of nitrogens with two attached hydrogens (primary N) is 1. The molecule has 5 heteroatoms. The lowest BCUT2D eigenvalue weighted by Crippen LogP contribution is -2.33. The van der Waals surface area contributed by atoms with E-state index in [1.165, 1.54) is 12.1 Å². The molecule has 0 bridgehead atoms. The predicted octanol–water partition coefficient (Wildman–Crippen LogP) is 1.32. The van der Waals surface area contributed by atoms with E-state index in [0.29, 0.717) is 5.69 Å². The number of carbonyl (C=O) groups excluding carboxylic acids is 1. The maximum absolute atomic E-state index is 12.5. The Labute approximate surface area is 83.3 Å². The van der Waals surface area contributed by atoms with Gasteiger partial charge in [-0.05, 0) is 19.1 Å². The molecule has 3 nitrogen and oxygen atoms in total. The SMILES string of the molecule is C[C@](Br)(C(N)=O)c1ccc(F)cn1. The molecule has 1 atom stereocenters. The fourth-order valence-electron chi connectivity index (χ4n) is 0.780. The van der Waals surface area contributed by atoms with Gasteiger partial charge in [0.2, 0.25) is 5.91 Å². The van der Waals surface area contributed by atoms with Crippen molar-refractivity contribution < 1.29 is 9.18 Å². The Morgan fingerprint density at radius 2 is 2.31 bits per heavy atom. The first-order chi connectivity index (χ1) is 5.94. The number of rotatable bonds is 2. The van der Waals surface area contributed by atoms with Crippen LogP contribution in [0.1, 0.15) is 12.6 Å². The minimum Gasteiger partial charge on any atom is -0.368 e. The highest BCUT2D eigenvalue weighted by Crippen LogP contribution is 2.28. The number of alkyl halides is 1. The van der Waals surface area contributed by atoms with Crippen molar-refractivity contribution in [3.63, 3.8) is 0 Å². The number of halogens is 2. The number of pyridine rings is 1. The van der Waals surface area contributed by atoms with E-state index in [0.717, 1.165) is 6.20 Å². The molecule has 0 aliphatic rings. The molecule has 13 heavy (non-hydrogen) atoms. The summed E-state index contributed by atoms with van der Waals surface area (Å²) >= 11 is 3.12. The molecule has 70 valence electrons. The van der Waals surface area contributed by atoms with E-state index in [1.54, 1.807) is 6.92 Å². The summed E-state index contributed by atoms with van der Waals surface area (Å²) in [4.78, 5) is 14.7. The summed E-state index contributed by atoms with van der Waals surface area (Å²) in [5.74, 6) is -1.01. The van der Waals surface area contributed by atoms with Gasteiger partial charge in [-0.3, -0.25) is 9.78 Å². The van der Waals surface area contributed by atoms with Gasteiger partial charge < -0.3 is 5.73 Å². The van der Waals surface area contributed by atoms with Crippen molar-refractivity contribution >= 4 is 21.8 Å². The second-order valence-corrected chi connectivity index (χ2v) is 4.31. The molecule has 0 aliphatic heterocycles. The van der Waals surface area contributed by atoms with Crippen LogP contribution in [0.4, 0.5) is 4.39 Å². The Hall–Kier alpha value is -0.970. The summed E-state index contributed by atoms with van der Waals surface area (Å²) in [6.07, 6.45) is 1.04. The van der Waals surface area contributed by atoms with E-state index in [1.807, 2.05) is 0 Å². The van der Waals surface area contributed by atoms with Crippen molar-refractivity contribution in [2.75, 3.05) is 0 Å². The van der Waals surface area contributed by atoms with Crippen molar-refractivity contribution in [1.29, 1.82) is 0 Å². The van der Waals surface area contributed by atoms with E-state index in [-0.39, 0.29) is 0 Å². The van der Waals surface area contributed by atoms with Gasteiger partial charge in [0.1, 0.15) is 10.1 Å². The third-order valence-corrected chi connectivity index (χ3v) is 2.47. The van der Waals surface area contributed by atoms with Crippen LogP contribution in [0.5, 0.6) is 0 Å². The molecule has 0 radical (unpaired) electrons. The fourth-order valence-corrected chi connectivity index (χ4v) is 1.01. The van der Waals surface area contributed by atoms with Crippen molar-refractivity contribution in [2.45, 2.75) is 11.2 Å². The van der Waals surface area contributed by atoms with Crippen LogP contribution in [0.25, 0.3) is 0 Å². The Morgan fingerprint density at radius 3 is 2.69 bits per heavy atom. The second kappa shape index (κ2) is 3.41. The Morgan fingerprint density at radius 1 is 1.69 bits per heavy atom. The van der Waals surface area contributed by atoms with Gasteiger partial charge in [0, 0.05) is 0 Å².